The van der Waals surface area contributed by atoms with Crippen LogP contribution < -0.4 is 0 Å². The van der Waals surface area contributed by atoms with Crippen LogP contribution in [0.1, 0.15) is 12.8 Å². The molecule has 2 heterocycles. The Morgan fingerprint density at radius 2 is 1.14 bits per heavy atom. The van der Waals surface area contributed by atoms with E-state index in [0.29, 0.717) is 13.2 Å². The van der Waals surface area contributed by atoms with Crippen LogP contribution in [0.2, 0.25) is 0 Å². The first-order chi connectivity index (χ1) is 10.5. The van der Waals surface area contributed by atoms with Gasteiger partial charge in [0.25, 0.3) is 0 Å². The van der Waals surface area contributed by atoms with Gasteiger partial charge in [-0.25, -0.2) is 0 Å². The van der Waals surface area contributed by atoms with E-state index in [2.05, 4.69) is 0 Å². The molecule has 22 heavy (non-hydrogen) atoms. The standard InChI is InChI=1S/2C7H13BO3/c2*1-9-4-6-5(10-2)3-7(8)11-6/h2*5-7H,3-4H2,1-2H3/t5-,6+,7+;5-,6-,7-/m01/s1. The number of hydrogen-bond donors (Lipinski definition) is 0. The molecule has 2 fully saturated rings. The zero-order valence-corrected chi connectivity index (χ0v) is 13.9. The van der Waals surface area contributed by atoms with Crippen LogP contribution >= 0.6 is 0 Å². The third-order valence-corrected chi connectivity index (χ3v) is 3.73. The number of methoxy groups -OCH3 is 4. The Labute approximate surface area is 135 Å². The van der Waals surface area contributed by atoms with Crippen LogP contribution in [0.25, 0.3) is 0 Å². The minimum absolute atomic E-state index is 0.000000000000000222. The van der Waals surface area contributed by atoms with Crippen molar-refractivity contribution in [1.29, 1.82) is 0 Å². The monoisotopic (exact) mass is 312 g/mol. The maximum Gasteiger partial charge on any atom is 0.109 e. The van der Waals surface area contributed by atoms with Crippen molar-refractivity contribution < 1.29 is 28.4 Å². The molecule has 0 amide bonds. The van der Waals surface area contributed by atoms with Gasteiger partial charge in [-0.1, -0.05) is 0 Å². The Bertz CT molecular complexity index is 269. The molecule has 2 rings (SSSR count). The molecular weight excluding hydrogens is 286 g/mol. The molecule has 2 aliphatic rings. The summed E-state index contributed by atoms with van der Waals surface area (Å²) in [5.41, 5.74) is 0. The highest BCUT2D eigenvalue weighted by atomic mass is 16.6. The first kappa shape index (κ1) is 19.9. The molecule has 0 N–H and O–H groups in total. The fraction of sp³-hybridized carbons (Fsp3) is 1.00. The van der Waals surface area contributed by atoms with E-state index in [9.17, 15) is 0 Å². The number of hydrogen-bond acceptors (Lipinski definition) is 6. The van der Waals surface area contributed by atoms with Crippen LogP contribution in [0.4, 0.5) is 0 Å². The van der Waals surface area contributed by atoms with Crippen LogP contribution in [-0.2, 0) is 28.4 Å². The Morgan fingerprint density at radius 3 is 1.41 bits per heavy atom. The summed E-state index contributed by atoms with van der Waals surface area (Å²) < 4.78 is 30.9. The van der Waals surface area contributed by atoms with E-state index in [1.54, 1.807) is 28.4 Å². The van der Waals surface area contributed by atoms with E-state index < -0.39 is 0 Å². The zero-order valence-electron chi connectivity index (χ0n) is 13.9. The predicted octanol–water partition coefficient (Wildman–Crippen LogP) is -0.137. The second kappa shape index (κ2) is 10.6. The van der Waals surface area contributed by atoms with Crippen molar-refractivity contribution in [2.45, 2.75) is 49.3 Å². The Kier molecular flexibility index (Phi) is 9.63. The summed E-state index contributed by atoms with van der Waals surface area (Å²) in [5, 5.41) is 0. The van der Waals surface area contributed by atoms with Gasteiger partial charge in [0.2, 0.25) is 0 Å². The average Bonchev–Trinajstić information content (AvgIpc) is 3.02. The number of rotatable bonds is 6. The van der Waals surface area contributed by atoms with Gasteiger partial charge in [-0.3, -0.25) is 0 Å². The van der Waals surface area contributed by atoms with Crippen LogP contribution in [-0.4, -0.2) is 93.8 Å². The van der Waals surface area contributed by atoms with E-state index in [0.717, 1.165) is 12.8 Å². The van der Waals surface area contributed by atoms with Crippen molar-refractivity contribution in [2.24, 2.45) is 0 Å². The van der Waals surface area contributed by atoms with Gasteiger partial charge < -0.3 is 28.4 Å². The topological polar surface area (TPSA) is 55.4 Å². The van der Waals surface area contributed by atoms with Gasteiger partial charge in [0.1, 0.15) is 27.9 Å². The first-order valence-corrected chi connectivity index (χ1v) is 7.41. The number of ether oxygens (including phenoxy) is 6. The molecular formula is C14H26B2O6. The summed E-state index contributed by atoms with van der Waals surface area (Å²) >= 11 is 0. The molecule has 6 atom stereocenters. The van der Waals surface area contributed by atoms with Gasteiger partial charge in [0.15, 0.2) is 0 Å². The van der Waals surface area contributed by atoms with E-state index in [4.69, 9.17) is 44.1 Å². The minimum atomic E-state index is -0.194. The largest absolute Gasteiger partial charge is 0.382 e. The molecule has 6 nitrogen and oxygen atoms in total. The van der Waals surface area contributed by atoms with Gasteiger partial charge in [-0.05, 0) is 12.8 Å². The van der Waals surface area contributed by atoms with E-state index in [1.165, 1.54) is 0 Å². The Balaban J connectivity index is 0.000000220. The smallest absolute Gasteiger partial charge is 0.109 e. The van der Waals surface area contributed by atoms with Crippen molar-refractivity contribution in [1.82, 2.24) is 0 Å². The van der Waals surface area contributed by atoms with Crippen LogP contribution in [0, 0.1) is 0 Å². The molecule has 4 radical (unpaired) electrons. The molecule has 2 aliphatic heterocycles. The maximum atomic E-state index is 5.56. The molecule has 0 bridgehead atoms. The first-order valence-electron chi connectivity index (χ1n) is 7.41. The van der Waals surface area contributed by atoms with E-state index >= 15 is 0 Å². The van der Waals surface area contributed by atoms with Crippen molar-refractivity contribution in [3.63, 3.8) is 0 Å². The third-order valence-electron chi connectivity index (χ3n) is 3.73. The van der Waals surface area contributed by atoms with Crippen LogP contribution in [0.5, 0.6) is 0 Å². The molecule has 0 unspecified atom stereocenters. The summed E-state index contributed by atoms with van der Waals surface area (Å²) in [4.78, 5) is 0. The zero-order chi connectivity index (χ0) is 16.5. The second-order valence-electron chi connectivity index (χ2n) is 5.36. The summed E-state index contributed by atoms with van der Waals surface area (Å²) in [6, 6.07) is -0.389. The maximum absolute atomic E-state index is 5.56. The fourth-order valence-electron chi connectivity index (χ4n) is 2.61. The van der Waals surface area contributed by atoms with Gasteiger partial charge >= 0.3 is 0 Å². The summed E-state index contributed by atoms with van der Waals surface area (Å²) in [6.45, 7) is 1.10. The molecule has 0 spiro atoms. The Morgan fingerprint density at radius 1 is 0.773 bits per heavy atom. The molecule has 0 aromatic heterocycles. The predicted molar refractivity (Wildman–Crippen MR) is 83.4 cm³/mol. The Hall–Kier alpha value is -0.110. The lowest BCUT2D eigenvalue weighted by Crippen LogP contribution is -2.27. The van der Waals surface area contributed by atoms with Crippen molar-refractivity contribution in [2.75, 3.05) is 41.7 Å². The lowest BCUT2D eigenvalue weighted by Gasteiger charge is -2.15. The second-order valence-corrected chi connectivity index (χ2v) is 5.36. The highest BCUT2D eigenvalue weighted by Gasteiger charge is 2.33. The SMILES string of the molecule is [B][C@H]1C[C@@H](OC)[C@@H](COC)O1.[B][C@H]1C[C@H](OC)[C@@H](COC)O1. The van der Waals surface area contributed by atoms with Gasteiger partial charge in [-0.2, -0.15) is 0 Å². The normalized spacial score (nSPS) is 37.8. The van der Waals surface area contributed by atoms with Gasteiger partial charge in [-0.15, -0.1) is 0 Å². The minimum Gasteiger partial charge on any atom is -0.382 e. The molecule has 2 saturated heterocycles. The fourth-order valence-corrected chi connectivity index (χ4v) is 2.61. The third kappa shape index (κ3) is 6.18. The highest BCUT2D eigenvalue weighted by molar-refractivity contribution is 6.11. The van der Waals surface area contributed by atoms with E-state index in [-0.39, 0.29) is 36.4 Å². The van der Waals surface area contributed by atoms with Crippen molar-refractivity contribution >= 4 is 15.7 Å². The van der Waals surface area contributed by atoms with Crippen LogP contribution in [0.3, 0.4) is 0 Å². The van der Waals surface area contributed by atoms with Gasteiger partial charge in [0.05, 0.1) is 25.4 Å². The lowest BCUT2D eigenvalue weighted by molar-refractivity contribution is -0.0315. The lowest BCUT2D eigenvalue weighted by atomic mass is 9.96. The molecule has 0 aliphatic carbocycles. The molecule has 8 heteroatoms. The summed E-state index contributed by atoms with van der Waals surface area (Å²) in [7, 11) is 17.7. The molecule has 0 aromatic carbocycles. The molecule has 0 saturated carbocycles. The highest BCUT2D eigenvalue weighted by Crippen LogP contribution is 2.21. The van der Waals surface area contributed by atoms with Crippen molar-refractivity contribution in [3.8, 4) is 0 Å². The molecule has 0 aromatic rings. The molecule has 124 valence electrons. The van der Waals surface area contributed by atoms with Crippen LogP contribution in [0.15, 0.2) is 0 Å². The van der Waals surface area contributed by atoms with Gasteiger partial charge in [0, 0.05) is 40.4 Å². The quantitative estimate of drug-likeness (QED) is 0.637. The van der Waals surface area contributed by atoms with E-state index in [1.807, 2.05) is 0 Å². The van der Waals surface area contributed by atoms with Crippen molar-refractivity contribution in [3.05, 3.63) is 0 Å². The summed E-state index contributed by atoms with van der Waals surface area (Å²) in [6.07, 6.45) is 1.68. The summed E-state index contributed by atoms with van der Waals surface area (Å²) in [5.74, 6) is 0. The average molecular weight is 312 g/mol.